The molecule has 0 radical (unpaired) electrons. The van der Waals surface area contributed by atoms with Crippen LogP contribution < -0.4 is 48.1 Å². The van der Waals surface area contributed by atoms with E-state index in [4.69, 9.17) is 33.7 Å². The molecule has 0 aliphatic carbocycles. The number of amides is 1. The number of rotatable bonds is 12. The zero-order valence-electron chi connectivity index (χ0n) is 66.0. The van der Waals surface area contributed by atoms with Gasteiger partial charge >= 0.3 is 11.8 Å². The van der Waals surface area contributed by atoms with Crippen LogP contribution in [0, 0.1) is 138 Å². The average molecular weight is 1530 g/mol. The lowest BCUT2D eigenvalue weighted by atomic mass is 10.1. The number of carbonyl (C=O) groups is 1. The normalized spacial score (nSPS) is 9.51. The molecule has 10 aromatic rings. The molecule has 586 valence electrons. The van der Waals surface area contributed by atoms with Gasteiger partial charge in [0.15, 0.2) is 63.6 Å². The first-order valence-corrected chi connectivity index (χ1v) is 34.4. The minimum atomic E-state index is -1.51. The van der Waals surface area contributed by atoms with Crippen LogP contribution in [0.1, 0.15) is 66.8 Å². The van der Waals surface area contributed by atoms with E-state index < -0.39 is 57.2 Å². The molecule has 1 N–H and O–H groups in total. The van der Waals surface area contributed by atoms with Crippen molar-refractivity contribution in [2.24, 2.45) is 0 Å². The van der Waals surface area contributed by atoms with Crippen molar-refractivity contribution in [3.8, 4) is 52.1 Å². The molecule has 0 fully saturated rings. The molecule has 0 aromatic heterocycles. The first-order chi connectivity index (χ1) is 51.6. The largest absolute Gasteiger partial charge is 0.496 e. The third-order valence-corrected chi connectivity index (χ3v) is 15.4. The van der Waals surface area contributed by atoms with E-state index in [0.717, 1.165) is 59.2 Å². The van der Waals surface area contributed by atoms with Crippen LogP contribution in [0.3, 0.4) is 0 Å². The van der Waals surface area contributed by atoms with Crippen molar-refractivity contribution in [2.45, 2.75) is 81.1 Å². The first-order valence-electron chi connectivity index (χ1n) is 33.1. The second-order valence-electron chi connectivity index (χ2n) is 23.6. The smallest absolute Gasteiger partial charge is 0.411 e. The SMILES string of the molecule is COC(=O)Nc1ccc(C)cc1.COc1c(F)c(F)c(C)c(F)c1F.COc1c(F)cc(C)cc1F.COc1ccc(C)cc1C.COc1ccc(C)cc1C#N.COc1ccc(C)cc1F.COc1ccc(C)cc1OC.COc1ccc(C)cc1[N+](=O)[O-].CSc1ccc(C)cc1.Cc1ccc(N(C)C)cc1. The number of hydrogen-bond acceptors (Lipinski definition) is 15. The van der Waals surface area contributed by atoms with Gasteiger partial charge in [-0.05, 0) is 213 Å². The summed E-state index contributed by atoms with van der Waals surface area (Å²) in [6, 6.07) is 56.2. The van der Waals surface area contributed by atoms with Crippen LogP contribution >= 0.6 is 11.8 Å². The average Bonchev–Trinajstić information content (AvgIpc) is 0.801. The number of aryl methyl sites for hydroxylation is 10. The molecule has 1 amide bonds. The molecule has 0 aliphatic rings. The number of methoxy groups -OCH3 is 9. The molecule has 0 spiro atoms. The molecule has 10 aromatic carbocycles. The molecule has 0 bridgehead atoms. The summed E-state index contributed by atoms with van der Waals surface area (Å²) in [5, 5.41) is 21.7. The van der Waals surface area contributed by atoms with Gasteiger partial charge in [0.2, 0.25) is 11.6 Å². The molecule has 0 unspecified atom stereocenters. The van der Waals surface area contributed by atoms with Gasteiger partial charge in [-0.25, -0.2) is 26.7 Å². The van der Waals surface area contributed by atoms with Crippen LogP contribution in [-0.4, -0.2) is 95.4 Å². The fraction of sp³-hybridized carbons (Fsp3) is 0.271. The van der Waals surface area contributed by atoms with E-state index in [1.807, 2.05) is 115 Å². The van der Waals surface area contributed by atoms with Crippen molar-refractivity contribution in [2.75, 3.05) is 94.6 Å². The number of benzene rings is 10. The summed E-state index contributed by atoms with van der Waals surface area (Å²) in [6.45, 7) is 20.5. The Morgan fingerprint density at radius 3 is 1.19 bits per heavy atom. The van der Waals surface area contributed by atoms with Crippen LogP contribution in [0.15, 0.2) is 181 Å². The summed E-state index contributed by atoms with van der Waals surface area (Å²) in [6.07, 6.45) is 1.64. The van der Waals surface area contributed by atoms with Gasteiger partial charge in [-0.15, -0.1) is 11.8 Å². The summed E-state index contributed by atoms with van der Waals surface area (Å²) in [5.74, 6) is -5.14. The van der Waals surface area contributed by atoms with Gasteiger partial charge in [0.1, 0.15) is 17.6 Å². The van der Waals surface area contributed by atoms with E-state index in [1.54, 1.807) is 84.4 Å². The summed E-state index contributed by atoms with van der Waals surface area (Å²) >= 11 is 1.78. The lowest BCUT2D eigenvalue weighted by molar-refractivity contribution is -0.385. The number of nitrogens with one attached hydrogen (secondary N) is 1. The van der Waals surface area contributed by atoms with E-state index >= 15 is 0 Å². The van der Waals surface area contributed by atoms with Gasteiger partial charge < -0.3 is 47.5 Å². The van der Waals surface area contributed by atoms with Crippen LogP contribution in [0.2, 0.25) is 0 Å². The minimum absolute atomic E-state index is 0.0116. The van der Waals surface area contributed by atoms with Gasteiger partial charge in [0, 0.05) is 42.0 Å². The number of carbonyl (C=O) groups excluding carboxylic acids is 1. The fourth-order valence-corrected chi connectivity index (χ4v) is 9.11. The third-order valence-electron chi connectivity index (χ3n) is 14.7. The number of nitro groups is 1. The number of anilines is 2. The minimum Gasteiger partial charge on any atom is -0.496 e. The molecule has 0 saturated heterocycles. The lowest BCUT2D eigenvalue weighted by Gasteiger charge is -2.11. The highest BCUT2D eigenvalue weighted by Gasteiger charge is 2.23. The Morgan fingerprint density at radius 2 is 0.789 bits per heavy atom. The van der Waals surface area contributed by atoms with Crippen molar-refractivity contribution in [3.63, 3.8) is 0 Å². The number of thioether (sulfide) groups is 1. The molecule has 10 rings (SSSR count). The number of ether oxygens (including phenoxy) is 9. The Hall–Kier alpha value is -11.6. The maximum Gasteiger partial charge on any atom is 0.411 e. The highest BCUT2D eigenvalue weighted by molar-refractivity contribution is 7.98. The molecule has 0 atom stereocenters. The Bertz CT molecular complexity index is 4370. The Kier molecular flexibility index (Phi) is 44.5. The van der Waals surface area contributed by atoms with Gasteiger partial charge in [0.05, 0.1) is 74.5 Å². The molecule has 0 aliphatic heterocycles. The van der Waals surface area contributed by atoms with Crippen molar-refractivity contribution >= 4 is 34.9 Å². The van der Waals surface area contributed by atoms with Crippen molar-refractivity contribution in [1.29, 1.82) is 5.26 Å². The first kappa shape index (κ1) is 95.4. The Morgan fingerprint density at radius 1 is 0.413 bits per heavy atom. The maximum absolute atomic E-state index is 12.8. The third kappa shape index (κ3) is 34.7. The zero-order valence-corrected chi connectivity index (χ0v) is 66.9. The van der Waals surface area contributed by atoms with Gasteiger partial charge in [0.25, 0.3) is 0 Å². The Balaban J connectivity index is 0.000000606. The molecule has 109 heavy (non-hydrogen) atoms. The van der Waals surface area contributed by atoms with Crippen molar-refractivity contribution in [3.05, 3.63) is 294 Å². The second-order valence-corrected chi connectivity index (χ2v) is 24.5. The van der Waals surface area contributed by atoms with E-state index in [-0.39, 0.29) is 17.3 Å². The van der Waals surface area contributed by atoms with Crippen LogP contribution in [0.5, 0.6) is 46.0 Å². The fourth-order valence-electron chi connectivity index (χ4n) is 8.70. The molecule has 0 saturated carbocycles. The number of nitro benzene ring substituents is 1. The quantitative estimate of drug-likeness (QED) is 0.0401. The van der Waals surface area contributed by atoms with E-state index in [0.29, 0.717) is 28.4 Å². The predicted molar refractivity (Wildman–Crippen MR) is 422 cm³/mol. The number of hydrogen-bond donors (Lipinski definition) is 1. The molecule has 0 heterocycles. The summed E-state index contributed by atoms with van der Waals surface area (Å²) in [4.78, 5) is 24.2. The monoisotopic (exact) mass is 1530 g/mol. The van der Waals surface area contributed by atoms with Crippen LogP contribution in [-0.2, 0) is 4.74 Å². The number of nitriles is 1. The van der Waals surface area contributed by atoms with E-state index in [2.05, 4.69) is 112 Å². The highest BCUT2D eigenvalue weighted by atomic mass is 32.2. The van der Waals surface area contributed by atoms with Crippen LogP contribution in [0.25, 0.3) is 0 Å². The second kappa shape index (κ2) is 50.8. The Labute approximate surface area is 641 Å². The van der Waals surface area contributed by atoms with Crippen LogP contribution in [0.4, 0.5) is 52.6 Å². The van der Waals surface area contributed by atoms with Gasteiger partial charge in [-0.2, -0.15) is 14.0 Å². The topological polar surface area (TPSA) is 182 Å². The van der Waals surface area contributed by atoms with Crippen molar-refractivity contribution < 1.29 is 83.1 Å². The molecule has 24 heteroatoms. The summed E-state index contributed by atoms with van der Waals surface area (Å²) < 4.78 is 132. The number of halogens is 7. The number of nitrogens with zero attached hydrogens (tertiary/aromatic N) is 3. The predicted octanol–water partition coefficient (Wildman–Crippen LogP) is 22.0. The van der Waals surface area contributed by atoms with E-state index in [9.17, 15) is 45.6 Å². The van der Waals surface area contributed by atoms with Crippen molar-refractivity contribution in [1.82, 2.24) is 0 Å². The lowest BCUT2D eigenvalue weighted by Crippen LogP contribution is -2.10. The van der Waals surface area contributed by atoms with E-state index in [1.165, 1.54) is 91.1 Å². The molecular weight excluding hydrogens is 1430 g/mol. The highest BCUT2D eigenvalue weighted by Crippen LogP contribution is 2.31. The van der Waals surface area contributed by atoms with Gasteiger partial charge in [-0.3, -0.25) is 15.4 Å². The maximum atomic E-state index is 12.8. The summed E-state index contributed by atoms with van der Waals surface area (Å²) in [5.41, 5.74) is 12.7. The standard InChI is InChI=1S/C9H11NO2.C9H9NO.C9H13N.C9H12O2.C9H12O.C8H6F4O.C8H8F2O.C8H9FO.C8H9NO3.C8H10S/c1-7-3-5-8(6-4-7)10-9(11)12-2;1-7-3-4-9(11-2)8(5-7)6-10;1-8-4-6-9(7-5-8)10(2)3;1-7-4-5-8(10-2)9(6-7)11-3;1-7-4-5-9(10-3)8(2)6-7;1-3-4(9)6(11)8(13-2)7(12)5(3)10;1-5-3-6(9)8(11-2)7(10)4-5;1-6-3-4-8(10-2)7(9)5-6;1-6-3-4-8(12-2)7(5-6)9(10)11;1-7-3-5-8(9-2)6-4-7/h3-6H,1-2H3,(H,10,11);3-5H,1-2H3;4-7H,1-3H3;4-6H,1-3H3;4-6H,1-3H3;1-2H3;3-4H,1-2H3;3-5H,1-2H3;3-5H,1-2H3;3-6H,1-2H3. The summed E-state index contributed by atoms with van der Waals surface area (Å²) in [7, 11) is 17.0. The molecule has 16 nitrogen and oxygen atoms in total. The zero-order chi connectivity index (χ0) is 82.6. The molecular formula is C85H99F7N4O12S. The van der Waals surface area contributed by atoms with Gasteiger partial charge in [-0.1, -0.05) is 95.1 Å².